The number of carboxylic acids is 1. The van der Waals surface area contributed by atoms with Crippen molar-refractivity contribution >= 4 is 23.3 Å². The van der Waals surface area contributed by atoms with Gasteiger partial charge in [0.2, 0.25) is 5.91 Å². The summed E-state index contributed by atoms with van der Waals surface area (Å²) < 4.78 is 5.07. The van der Waals surface area contributed by atoms with Gasteiger partial charge in [0.1, 0.15) is 11.7 Å². The van der Waals surface area contributed by atoms with Crippen molar-refractivity contribution in [3.05, 3.63) is 28.3 Å². The molecule has 1 N–H and O–H groups in total. The smallest absolute Gasteiger partial charge is 0.316 e. The van der Waals surface area contributed by atoms with Crippen molar-refractivity contribution < 1.29 is 24.4 Å². The Balaban J connectivity index is 2.41. The average molecular weight is 280 g/mol. The van der Waals surface area contributed by atoms with Gasteiger partial charge in [-0.25, -0.2) is 0 Å². The minimum atomic E-state index is -1.19. The van der Waals surface area contributed by atoms with Crippen LogP contribution in [0.1, 0.15) is 6.42 Å². The lowest BCUT2D eigenvalue weighted by Gasteiger charge is -2.18. The lowest BCUT2D eigenvalue weighted by molar-refractivity contribution is -0.384. The normalized spacial score (nSPS) is 18.1. The molecule has 1 aromatic rings. The average Bonchev–Trinajstić information content (AvgIpc) is 2.79. The van der Waals surface area contributed by atoms with Crippen molar-refractivity contribution in [3.8, 4) is 5.75 Å². The Morgan fingerprint density at radius 2 is 2.25 bits per heavy atom. The highest BCUT2D eigenvalue weighted by Crippen LogP contribution is 2.35. The first-order valence-electron chi connectivity index (χ1n) is 5.82. The molecule has 0 aromatic heterocycles. The van der Waals surface area contributed by atoms with Crippen molar-refractivity contribution in [1.82, 2.24) is 0 Å². The third-order valence-corrected chi connectivity index (χ3v) is 3.17. The number of nitro benzene ring substituents is 1. The molecule has 1 fully saturated rings. The number of carbonyl (C=O) groups excluding carboxylic acids is 1. The van der Waals surface area contributed by atoms with Crippen LogP contribution in [0.4, 0.5) is 11.4 Å². The number of benzene rings is 1. The van der Waals surface area contributed by atoms with E-state index in [-0.39, 0.29) is 30.1 Å². The van der Waals surface area contributed by atoms with Gasteiger partial charge in [-0.1, -0.05) is 0 Å². The van der Waals surface area contributed by atoms with Crippen LogP contribution in [-0.2, 0) is 9.59 Å². The number of hydrogen-bond acceptors (Lipinski definition) is 5. The van der Waals surface area contributed by atoms with Crippen molar-refractivity contribution in [2.24, 2.45) is 5.92 Å². The molecule has 0 saturated carbocycles. The SMILES string of the molecule is COc1ccc([N+](=O)[O-])cc1N1CCC(C(=O)O)C1=O. The topological polar surface area (TPSA) is 110 Å². The van der Waals surface area contributed by atoms with Crippen LogP contribution < -0.4 is 9.64 Å². The summed E-state index contributed by atoms with van der Waals surface area (Å²) in [4.78, 5) is 34.4. The summed E-state index contributed by atoms with van der Waals surface area (Å²) in [5.74, 6) is -2.60. The van der Waals surface area contributed by atoms with Crippen molar-refractivity contribution in [2.75, 3.05) is 18.6 Å². The molecule has 1 unspecified atom stereocenters. The number of ether oxygens (including phenoxy) is 1. The van der Waals surface area contributed by atoms with Crippen LogP contribution in [0.25, 0.3) is 0 Å². The summed E-state index contributed by atoms with van der Waals surface area (Å²) in [6.07, 6.45) is 0.167. The molecule has 1 saturated heterocycles. The minimum Gasteiger partial charge on any atom is -0.495 e. The fourth-order valence-electron chi connectivity index (χ4n) is 2.15. The maximum absolute atomic E-state index is 12.0. The number of rotatable bonds is 4. The van der Waals surface area contributed by atoms with Gasteiger partial charge in [0.05, 0.1) is 17.7 Å². The van der Waals surface area contributed by atoms with Crippen molar-refractivity contribution in [3.63, 3.8) is 0 Å². The standard InChI is InChI=1S/C12H12N2O6/c1-20-10-3-2-7(14(18)19)6-9(10)13-5-4-8(11(13)15)12(16)17/h2-3,6,8H,4-5H2,1H3,(H,16,17). The van der Waals surface area contributed by atoms with Crippen LogP contribution in [0.15, 0.2) is 18.2 Å². The van der Waals surface area contributed by atoms with Gasteiger partial charge in [0.15, 0.2) is 0 Å². The first-order chi connectivity index (χ1) is 9.45. The molecule has 0 bridgehead atoms. The summed E-state index contributed by atoms with van der Waals surface area (Å²) in [6.45, 7) is 0.188. The zero-order valence-corrected chi connectivity index (χ0v) is 10.6. The van der Waals surface area contributed by atoms with E-state index in [0.717, 1.165) is 0 Å². The molecule has 1 amide bonds. The van der Waals surface area contributed by atoms with Gasteiger partial charge in [-0.3, -0.25) is 19.7 Å². The van der Waals surface area contributed by atoms with E-state index in [0.29, 0.717) is 0 Å². The van der Waals surface area contributed by atoms with E-state index in [1.807, 2.05) is 0 Å². The Hall–Kier alpha value is -2.64. The first kappa shape index (κ1) is 13.8. The molecule has 106 valence electrons. The molecule has 1 aliphatic rings. The Morgan fingerprint density at radius 1 is 1.55 bits per heavy atom. The Morgan fingerprint density at radius 3 is 2.75 bits per heavy atom. The highest BCUT2D eigenvalue weighted by Gasteiger charge is 2.39. The molecule has 0 aliphatic carbocycles. The molecule has 1 aliphatic heterocycles. The summed E-state index contributed by atoms with van der Waals surface area (Å²) in [7, 11) is 1.37. The second-order valence-corrected chi connectivity index (χ2v) is 4.28. The monoisotopic (exact) mass is 280 g/mol. The number of methoxy groups -OCH3 is 1. The number of nitrogens with zero attached hydrogens (tertiary/aromatic N) is 2. The predicted octanol–water partition coefficient (Wildman–Crippen LogP) is 1.04. The van der Waals surface area contributed by atoms with E-state index in [9.17, 15) is 19.7 Å². The van der Waals surface area contributed by atoms with E-state index in [1.165, 1.54) is 30.2 Å². The third kappa shape index (κ3) is 2.27. The lowest BCUT2D eigenvalue weighted by atomic mass is 10.1. The first-order valence-corrected chi connectivity index (χ1v) is 5.82. The molecule has 8 heteroatoms. The van der Waals surface area contributed by atoms with E-state index in [1.54, 1.807) is 0 Å². The third-order valence-electron chi connectivity index (χ3n) is 3.17. The van der Waals surface area contributed by atoms with Crippen LogP contribution in [0.2, 0.25) is 0 Å². The number of non-ortho nitro benzene ring substituents is 1. The van der Waals surface area contributed by atoms with Gasteiger partial charge >= 0.3 is 5.97 Å². The Bertz CT molecular complexity index is 585. The molecule has 20 heavy (non-hydrogen) atoms. The number of carbonyl (C=O) groups is 2. The number of hydrogen-bond donors (Lipinski definition) is 1. The zero-order valence-electron chi connectivity index (χ0n) is 10.6. The minimum absolute atomic E-state index is 0.167. The summed E-state index contributed by atoms with van der Waals surface area (Å²) in [5.41, 5.74) is 0.0304. The predicted molar refractivity (Wildman–Crippen MR) is 67.7 cm³/mol. The molecule has 0 spiro atoms. The van der Waals surface area contributed by atoms with Gasteiger partial charge < -0.3 is 14.7 Å². The van der Waals surface area contributed by atoms with Crippen LogP contribution in [0.3, 0.4) is 0 Å². The molecule has 1 atom stereocenters. The molecule has 1 heterocycles. The van der Waals surface area contributed by atoms with Crippen LogP contribution >= 0.6 is 0 Å². The lowest BCUT2D eigenvalue weighted by Crippen LogP contribution is -2.30. The number of anilines is 1. The Kier molecular flexibility index (Phi) is 3.55. The zero-order chi connectivity index (χ0) is 14.9. The number of nitro groups is 1. The van der Waals surface area contributed by atoms with Gasteiger partial charge in [-0.15, -0.1) is 0 Å². The van der Waals surface area contributed by atoms with E-state index in [2.05, 4.69) is 0 Å². The molecular weight excluding hydrogens is 268 g/mol. The van der Waals surface area contributed by atoms with Gasteiger partial charge in [-0.2, -0.15) is 0 Å². The number of aliphatic carboxylic acids is 1. The van der Waals surface area contributed by atoms with Crippen LogP contribution in [0.5, 0.6) is 5.75 Å². The fraction of sp³-hybridized carbons (Fsp3) is 0.333. The highest BCUT2D eigenvalue weighted by atomic mass is 16.6. The van der Waals surface area contributed by atoms with E-state index >= 15 is 0 Å². The maximum Gasteiger partial charge on any atom is 0.316 e. The second kappa shape index (κ2) is 5.16. The summed E-state index contributed by atoms with van der Waals surface area (Å²) in [5, 5.41) is 19.7. The molecule has 2 rings (SSSR count). The molecule has 1 aromatic carbocycles. The van der Waals surface area contributed by atoms with E-state index < -0.39 is 22.7 Å². The summed E-state index contributed by atoms with van der Waals surface area (Å²) in [6, 6.07) is 3.85. The number of amides is 1. The fourth-order valence-corrected chi connectivity index (χ4v) is 2.15. The van der Waals surface area contributed by atoms with E-state index in [4.69, 9.17) is 9.84 Å². The van der Waals surface area contributed by atoms with Gasteiger partial charge in [0, 0.05) is 18.7 Å². The number of carboxylic acid groups (broad SMARTS) is 1. The van der Waals surface area contributed by atoms with Gasteiger partial charge in [0.25, 0.3) is 5.69 Å². The quantitative estimate of drug-likeness (QED) is 0.501. The highest BCUT2D eigenvalue weighted by molar-refractivity contribution is 6.08. The van der Waals surface area contributed by atoms with Gasteiger partial charge in [-0.05, 0) is 12.5 Å². The Labute approximate surface area is 113 Å². The van der Waals surface area contributed by atoms with Crippen LogP contribution in [0, 0.1) is 16.0 Å². The summed E-state index contributed by atoms with van der Waals surface area (Å²) >= 11 is 0. The molecular formula is C12H12N2O6. The molecule has 8 nitrogen and oxygen atoms in total. The second-order valence-electron chi connectivity index (χ2n) is 4.28. The van der Waals surface area contributed by atoms with Crippen molar-refractivity contribution in [1.29, 1.82) is 0 Å². The van der Waals surface area contributed by atoms with Crippen molar-refractivity contribution in [2.45, 2.75) is 6.42 Å². The molecule has 0 radical (unpaired) electrons. The maximum atomic E-state index is 12.0. The van der Waals surface area contributed by atoms with Crippen LogP contribution in [-0.4, -0.2) is 35.6 Å². The largest absolute Gasteiger partial charge is 0.495 e.